The molecule has 3 aromatic carbocycles. The number of likely N-dealkylation sites (tertiary alicyclic amines) is 2. The molecule has 6 aliphatic heterocycles. The Morgan fingerprint density at radius 2 is 1.70 bits per heavy atom. The Labute approximate surface area is 457 Å². The van der Waals surface area contributed by atoms with Crippen LogP contribution in [-0.4, -0.2) is 145 Å². The lowest BCUT2D eigenvalue weighted by Gasteiger charge is -2.39. The number of hydrogen-bond acceptors (Lipinski definition) is 13. The van der Waals surface area contributed by atoms with Gasteiger partial charge in [0.05, 0.1) is 27.9 Å². The Morgan fingerprint density at radius 1 is 0.899 bits per heavy atom. The van der Waals surface area contributed by atoms with Gasteiger partial charge in [0, 0.05) is 75.4 Å². The molecule has 4 atom stereocenters. The number of fused-ring (bicyclic) bond motifs is 4. The van der Waals surface area contributed by atoms with E-state index in [1.165, 1.54) is 28.3 Å². The van der Waals surface area contributed by atoms with Gasteiger partial charge >= 0.3 is 11.8 Å². The largest absolute Gasteiger partial charge is 0.508 e. The van der Waals surface area contributed by atoms with E-state index >= 15 is 8.78 Å². The number of ether oxygens (including phenoxy) is 2. The number of carbonyl (C=O) groups is 3. The van der Waals surface area contributed by atoms with Crippen LogP contribution < -0.4 is 20.6 Å². The Hall–Kier alpha value is -6.70. The molecular weight excluding hydrogens is 1010 g/mol. The number of nitrogens with zero attached hydrogens (tertiary/aromatic N) is 8. The lowest BCUT2D eigenvalue weighted by atomic mass is 9.88. The zero-order valence-electron chi connectivity index (χ0n) is 45.4. The van der Waals surface area contributed by atoms with Crippen LogP contribution in [0.15, 0.2) is 59.5 Å². The Morgan fingerprint density at radius 3 is 2.47 bits per heavy atom. The predicted molar refractivity (Wildman–Crippen MR) is 295 cm³/mol. The van der Waals surface area contributed by atoms with Crippen LogP contribution in [-0.2, 0) is 27.8 Å². The zero-order valence-corrected chi connectivity index (χ0v) is 45.4. The van der Waals surface area contributed by atoms with Crippen LogP contribution in [0.5, 0.6) is 11.6 Å². The zero-order chi connectivity index (χ0) is 54.9. The maximum atomic E-state index is 17.3. The van der Waals surface area contributed by atoms with Gasteiger partial charge in [-0.25, -0.2) is 23.4 Å². The van der Waals surface area contributed by atoms with E-state index in [0.717, 1.165) is 89.5 Å². The summed E-state index contributed by atoms with van der Waals surface area (Å²) in [6.07, 6.45) is 10.9. The van der Waals surface area contributed by atoms with Gasteiger partial charge in [0.1, 0.15) is 42.0 Å². The summed E-state index contributed by atoms with van der Waals surface area (Å²) in [5.74, 6) is -0.914. The van der Waals surface area contributed by atoms with Gasteiger partial charge in [0.2, 0.25) is 17.7 Å². The summed E-state index contributed by atoms with van der Waals surface area (Å²) in [5.41, 5.74) is 2.40. The van der Waals surface area contributed by atoms with Crippen molar-refractivity contribution in [2.45, 2.75) is 126 Å². The molecule has 0 radical (unpaired) electrons. The van der Waals surface area contributed by atoms with Gasteiger partial charge in [0.25, 0.3) is 0 Å². The molecule has 6 saturated heterocycles. The molecule has 6 fully saturated rings. The van der Waals surface area contributed by atoms with E-state index in [0.29, 0.717) is 96.8 Å². The number of aromatic hydroxyl groups is 1. The van der Waals surface area contributed by atoms with Crippen molar-refractivity contribution in [2.24, 2.45) is 13.0 Å². The number of imidazole rings is 1. The molecule has 0 spiro atoms. The fourth-order valence-corrected chi connectivity index (χ4v) is 14.3. The number of amides is 3. The first kappa shape index (κ1) is 53.0. The maximum Gasteiger partial charge on any atom is 0.409 e. The molecule has 2 unspecified atom stereocenters. The van der Waals surface area contributed by atoms with Gasteiger partial charge < -0.3 is 34.4 Å². The van der Waals surface area contributed by atoms with Crippen molar-refractivity contribution in [2.75, 3.05) is 70.5 Å². The number of pyridine rings is 2. The first-order valence-electron chi connectivity index (χ1n) is 28.6. The van der Waals surface area contributed by atoms with E-state index in [1.54, 1.807) is 30.8 Å². The third kappa shape index (κ3) is 9.97. The van der Waals surface area contributed by atoms with E-state index in [4.69, 9.17) is 14.5 Å². The molecule has 79 heavy (non-hydrogen) atoms. The van der Waals surface area contributed by atoms with E-state index in [2.05, 4.69) is 32.2 Å². The predicted octanol–water partition coefficient (Wildman–Crippen LogP) is 8.08. The second-order valence-corrected chi connectivity index (χ2v) is 23.7. The minimum absolute atomic E-state index is 0.0278. The first-order valence-corrected chi connectivity index (χ1v) is 28.6. The summed E-state index contributed by atoms with van der Waals surface area (Å²) in [5, 5.41) is 25.9. The summed E-state index contributed by atoms with van der Waals surface area (Å²) >= 11 is 0. The maximum absolute atomic E-state index is 17.3. The Bertz CT molecular complexity index is 3440. The van der Waals surface area contributed by atoms with E-state index in [9.17, 15) is 29.4 Å². The molecule has 12 rings (SSSR count). The van der Waals surface area contributed by atoms with E-state index < -0.39 is 29.2 Å². The van der Waals surface area contributed by atoms with Crippen LogP contribution in [0, 0.1) is 17.6 Å². The molecular formula is C60H71F2N9O8. The fourth-order valence-electron chi connectivity index (χ4n) is 14.3. The molecule has 6 aliphatic rings. The third-order valence-corrected chi connectivity index (χ3v) is 18.5. The fraction of sp³-hybridized carbons (Fsp3) is 0.533. The monoisotopic (exact) mass is 1080 g/mol. The van der Waals surface area contributed by atoms with Crippen LogP contribution >= 0.6 is 0 Å². The topological polar surface area (TPSA) is 188 Å². The van der Waals surface area contributed by atoms with Gasteiger partial charge in [-0.15, -0.1) is 0 Å². The van der Waals surface area contributed by atoms with Gasteiger partial charge in [0.15, 0.2) is 5.82 Å². The summed E-state index contributed by atoms with van der Waals surface area (Å²) in [4.78, 5) is 69.7. The van der Waals surface area contributed by atoms with Crippen molar-refractivity contribution in [3.8, 4) is 22.9 Å². The SMILES string of the molecule is CCc1c(F)ccc2cc(O)cc(-c3ncc4c(N5CCC[C@@](C)(O)C5)cc(OC[C@@]56CCCN5C(COC(=O)N5CCC(CN7CCC(c8ccc9c(c8)n(C)c(=O)n9C8CCC(=O)NC8=O)CC7)CC5)CC6)nc4c3F)c12. The van der Waals surface area contributed by atoms with Crippen molar-refractivity contribution >= 4 is 56.3 Å². The summed E-state index contributed by atoms with van der Waals surface area (Å²) in [6, 6.07) is 13.2. The van der Waals surface area contributed by atoms with Gasteiger partial charge in [-0.1, -0.05) is 19.1 Å². The molecule has 3 aromatic heterocycles. The van der Waals surface area contributed by atoms with Crippen molar-refractivity contribution in [3.05, 3.63) is 88.0 Å². The van der Waals surface area contributed by atoms with Crippen LogP contribution in [0.1, 0.15) is 114 Å². The molecule has 9 heterocycles. The van der Waals surface area contributed by atoms with E-state index in [-0.39, 0.29) is 70.7 Å². The number of benzene rings is 3. The lowest BCUT2D eigenvalue weighted by molar-refractivity contribution is -0.135. The average molecular weight is 1080 g/mol. The summed E-state index contributed by atoms with van der Waals surface area (Å²) in [6.45, 7) is 10.2. The van der Waals surface area contributed by atoms with E-state index in [1.807, 2.05) is 28.9 Å². The summed E-state index contributed by atoms with van der Waals surface area (Å²) < 4.78 is 48.4. The van der Waals surface area contributed by atoms with Gasteiger partial charge in [-0.3, -0.25) is 33.9 Å². The molecule has 0 bridgehead atoms. The standard InChI is InChI=1S/C60H71F2N9O8/c1-4-42-45(61)9-7-39-27-41(72)29-43(52(39)42)54-53(62)55-44(31-63-54)48(69-21-5-18-59(2,77)34-69)30-51(65-55)79-35-60-19-6-22-70(60)40(13-20-60)33-78-58(76)68-25-14-36(15-26-68)32-67-23-16-37(17-24-67)38-8-10-46-49(28-38)66(3)57(75)71(46)47-11-12-50(73)64-56(47)74/h7-10,27-31,36-37,40,47,72,77H,4-6,11-26,32-35H2,1-3H3,(H,64,73,74)/t40?,47?,59-,60+/m1/s1. The number of aromatic nitrogens is 4. The number of nitrogens with one attached hydrogen (secondary N) is 1. The van der Waals surface area contributed by atoms with Gasteiger partial charge in [-0.2, -0.15) is 0 Å². The second kappa shape index (κ2) is 21.1. The lowest BCUT2D eigenvalue weighted by Crippen LogP contribution is -2.48. The minimum Gasteiger partial charge on any atom is -0.508 e. The number of imide groups is 1. The van der Waals surface area contributed by atoms with Crippen LogP contribution in [0.25, 0.3) is 44.0 Å². The molecule has 0 saturated carbocycles. The number of hydrogen-bond donors (Lipinski definition) is 3. The van der Waals surface area contributed by atoms with Crippen molar-refractivity contribution in [1.82, 2.24) is 39.1 Å². The number of piperidine rings is 4. The first-order chi connectivity index (χ1) is 38.1. The molecule has 19 heteroatoms. The molecule has 17 nitrogen and oxygen atoms in total. The third-order valence-electron chi connectivity index (χ3n) is 18.5. The number of rotatable bonds is 12. The Balaban J connectivity index is 0.664. The number of β-amino-alcohol motifs (C(OH)–C–C–N with tert-alkyl or cyclic N) is 1. The number of aryl methyl sites for hydroxylation is 2. The molecule has 3 N–H and O–H groups in total. The number of anilines is 1. The highest BCUT2D eigenvalue weighted by Crippen LogP contribution is 2.45. The highest BCUT2D eigenvalue weighted by Gasteiger charge is 2.50. The number of carbonyl (C=O) groups excluding carboxylic acids is 3. The highest BCUT2D eigenvalue weighted by molar-refractivity contribution is 6.02. The molecule has 418 valence electrons. The number of halogens is 2. The average Bonchev–Trinajstić information content (AvgIpc) is 4.32. The number of phenolic OH excluding ortho intramolecular Hbond substituents is 1. The molecule has 0 aliphatic carbocycles. The smallest absolute Gasteiger partial charge is 0.409 e. The van der Waals surface area contributed by atoms with Crippen LogP contribution in [0.2, 0.25) is 0 Å². The molecule has 6 aromatic rings. The number of aliphatic hydroxyl groups is 1. The highest BCUT2D eigenvalue weighted by atomic mass is 19.1. The van der Waals surface area contributed by atoms with Crippen molar-refractivity contribution < 1.29 is 42.9 Å². The van der Waals surface area contributed by atoms with Crippen LogP contribution in [0.3, 0.4) is 0 Å². The second-order valence-electron chi connectivity index (χ2n) is 23.7. The Kier molecular flexibility index (Phi) is 14.1. The normalized spacial score (nSPS) is 24.7. The van der Waals surface area contributed by atoms with Crippen LogP contribution in [0.4, 0.5) is 19.3 Å². The van der Waals surface area contributed by atoms with Crippen molar-refractivity contribution in [1.29, 1.82) is 0 Å². The molecule has 3 amide bonds. The van der Waals surface area contributed by atoms with Crippen molar-refractivity contribution in [3.63, 3.8) is 0 Å². The minimum atomic E-state index is -0.963. The number of phenols is 1. The summed E-state index contributed by atoms with van der Waals surface area (Å²) in [7, 11) is 1.73. The quantitative estimate of drug-likeness (QED) is 0.1000. The van der Waals surface area contributed by atoms with Gasteiger partial charge in [-0.05, 0) is 168 Å².